The highest BCUT2D eigenvalue weighted by Gasteiger charge is 2.16. The maximum absolute atomic E-state index is 12.0. The molecular formula is C20H20O3. The van der Waals surface area contributed by atoms with Crippen LogP contribution in [-0.2, 0) is 4.74 Å². The highest BCUT2D eigenvalue weighted by molar-refractivity contribution is 6.08. The van der Waals surface area contributed by atoms with Gasteiger partial charge in [-0.05, 0) is 48.2 Å². The molecular weight excluding hydrogens is 288 g/mol. The van der Waals surface area contributed by atoms with Crippen LogP contribution in [0.25, 0.3) is 21.5 Å². The van der Waals surface area contributed by atoms with Gasteiger partial charge in [-0.15, -0.1) is 0 Å². The van der Waals surface area contributed by atoms with E-state index in [1.54, 1.807) is 0 Å². The summed E-state index contributed by atoms with van der Waals surface area (Å²) in [6.07, 6.45) is 0.120. The molecule has 0 aromatic heterocycles. The lowest BCUT2D eigenvalue weighted by molar-refractivity contribution is 0.100. The summed E-state index contributed by atoms with van der Waals surface area (Å²) in [7, 11) is 0. The van der Waals surface area contributed by atoms with E-state index in [0.717, 1.165) is 39.1 Å². The van der Waals surface area contributed by atoms with Crippen LogP contribution in [0.15, 0.2) is 42.5 Å². The molecule has 3 heteroatoms. The van der Waals surface area contributed by atoms with Crippen molar-refractivity contribution >= 4 is 27.7 Å². The van der Waals surface area contributed by atoms with Crippen LogP contribution in [0.4, 0.5) is 4.79 Å². The maximum Gasteiger partial charge on any atom is 0.513 e. The second-order valence-corrected chi connectivity index (χ2v) is 5.75. The quantitative estimate of drug-likeness (QED) is 0.362. The zero-order chi connectivity index (χ0) is 16.4. The SMILES string of the molecule is CCCOC(=O)Oc1c2cccc(C)c2cc2cccc(C)c12. The monoisotopic (exact) mass is 308 g/mol. The van der Waals surface area contributed by atoms with Gasteiger partial charge in [-0.25, -0.2) is 4.79 Å². The Hall–Kier alpha value is -2.55. The number of hydrogen-bond acceptors (Lipinski definition) is 3. The fraction of sp³-hybridized carbons (Fsp3) is 0.250. The van der Waals surface area contributed by atoms with Gasteiger partial charge in [-0.3, -0.25) is 0 Å². The molecule has 0 bridgehead atoms. The molecule has 0 aliphatic carbocycles. The third kappa shape index (κ3) is 2.87. The maximum atomic E-state index is 12.0. The summed E-state index contributed by atoms with van der Waals surface area (Å²) < 4.78 is 10.7. The smallest absolute Gasteiger partial charge is 0.434 e. The Morgan fingerprint density at radius 3 is 2.52 bits per heavy atom. The second kappa shape index (κ2) is 6.29. The van der Waals surface area contributed by atoms with E-state index in [1.807, 2.05) is 44.2 Å². The van der Waals surface area contributed by atoms with Crippen LogP contribution in [-0.4, -0.2) is 12.8 Å². The molecule has 0 aliphatic heterocycles. The van der Waals surface area contributed by atoms with Crippen LogP contribution in [0.3, 0.4) is 0 Å². The lowest BCUT2D eigenvalue weighted by atomic mass is 9.96. The lowest BCUT2D eigenvalue weighted by Crippen LogP contribution is -2.11. The molecule has 0 fully saturated rings. The molecule has 0 N–H and O–H groups in total. The predicted molar refractivity (Wildman–Crippen MR) is 93.2 cm³/mol. The van der Waals surface area contributed by atoms with Crippen molar-refractivity contribution in [2.75, 3.05) is 6.61 Å². The largest absolute Gasteiger partial charge is 0.513 e. The van der Waals surface area contributed by atoms with E-state index in [1.165, 1.54) is 0 Å². The van der Waals surface area contributed by atoms with Gasteiger partial charge in [0.1, 0.15) is 5.75 Å². The Morgan fingerprint density at radius 2 is 1.74 bits per heavy atom. The van der Waals surface area contributed by atoms with Crippen molar-refractivity contribution in [3.05, 3.63) is 53.6 Å². The van der Waals surface area contributed by atoms with Crippen molar-refractivity contribution in [1.82, 2.24) is 0 Å². The van der Waals surface area contributed by atoms with Crippen molar-refractivity contribution in [1.29, 1.82) is 0 Å². The topological polar surface area (TPSA) is 35.5 Å². The number of rotatable bonds is 3. The van der Waals surface area contributed by atoms with Crippen LogP contribution < -0.4 is 4.74 Å². The number of aryl methyl sites for hydroxylation is 2. The van der Waals surface area contributed by atoms with Gasteiger partial charge in [-0.2, -0.15) is 0 Å². The molecule has 23 heavy (non-hydrogen) atoms. The number of carbonyl (C=O) groups excluding carboxylic acids is 1. The summed E-state index contributed by atoms with van der Waals surface area (Å²) in [4.78, 5) is 12.0. The molecule has 0 saturated heterocycles. The molecule has 3 nitrogen and oxygen atoms in total. The molecule has 3 aromatic rings. The Kier molecular flexibility index (Phi) is 4.20. The minimum Gasteiger partial charge on any atom is -0.434 e. The molecule has 3 rings (SSSR count). The summed E-state index contributed by atoms with van der Waals surface area (Å²) in [6.45, 7) is 6.39. The number of carbonyl (C=O) groups is 1. The fourth-order valence-corrected chi connectivity index (χ4v) is 2.89. The normalized spacial score (nSPS) is 10.9. The molecule has 0 unspecified atom stereocenters. The van der Waals surface area contributed by atoms with E-state index < -0.39 is 6.16 Å². The van der Waals surface area contributed by atoms with E-state index in [9.17, 15) is 4.79 Å². The van der Waals surface area contributed by atoms with Gasteiger partial charge in [0, 0.05) is 10.8 Å². The van der Waals surface area contributed by atoms with Crippen molar-refractivity contribution in [3.8, 4) is 5.75 Å². The molecule has 118 valence electrons. The third-order valence-corrected chi connectivity index (χ3v) is 4.01. The standard InChI is InChI=1S/C20H20O3/c1-4-11-22-20(21)23-19-16-10-6-7-13(2)17(16)12-15-9-5-8-14(3)18(15)19/h5-10,12H,4,11H2,1-3H3. The minimum absolute atomic E-state index is 0.361. The fourth-order valence-electron chi connectivity index (χ4n) is 2.89. The average molecular weight is 308 g/mol. The minimum atomic E-state index is -0.648. The number of hydrogen-bond donors (Lipinski definition) is 0. The van der Waals surface area contributed by atoms with Gasteiger partial charge in [0.05, 0.1) is 6.61 Å². The third-order valence-electron chi connectivity index (χ3n) is 4.01. The molecule has 0 atom stereocenters. The first-order chi connectivity index (χ1) is 11.1. The predicted octanol–water partition coefficient (Wildman–Crippen LogP) is 5.54. The van der Waals surface area contributed by atoms with Gasteiger partial charge in [-0.1, -0.05) is 43.3 Å². The Labute approximate surface area is 135 Å². The summed E-state index contributed by atoms with van der Waals surface area (Å²) >= 11 is 0. The first kappa shape index (κ1) is 15.3. The Morgan fingerprint density at radius 1 is 1.00 bits per heavy atom. The molecule has 0 radical (unpaired) electrons. The van der Waals surface area contributed by atoms with Crippen molar-refractivity contribution < 1.29 is 14.3 Å². The van der Waals surface area contributed by atoms with E-state index in [-0.39, 0.29) is 0 Å². The number of benzene rings is 3. The Bertz CT molecular complexity index is 881. The first-order valence-corrected chi connectivity index (χ1v) is 7.88. The van der Waals surface area contributed by atoms with E-state index in [2.05, 4.69) is 19.1 Å². The second-order valence-electron chi connectivity index (χ2n) is 5.75. The summed E-state index contributed by atoms with van der Waals surface area (Å²) in [5.41, 5.74) is 2.22. The van der Waals surface area contributed by atoms with Crippen LogP contribution >= 0.6 is 0 Å². The van der Waals surface area contributed by atoms with Gasteiger partial charge in [0.2, 0.25) is 0 Å². The molecule has 0 aliphatic rings. The number of fused-ring (bicyclic) bond motifs is 2. The summed E-state index contributed by atoms with van der Waals surface area (Å²) in [6, 6.07) is 14.2. The highest BCUT2D eigenvalue weighted by Crippen LogP contribution is 2.38. The molecule has 0 heterocycles. The zero-order valence-corrected chi connectivity index (χ0v) is 13.7. The van der Waals surface area contributed by atoms with E-state index >= 15 is 0 Å². The Balaban J connectivity index is 2.25. The summed E-state index contributed by atoms with van der Waals surface area (Å²) in [5, 5.41) is 4.04. The molecule has 0 spiro atoms. The van der Waals surface area contributed by atoms with Crippen molar-refractivity contribution in [3.63, 3.8) is 0 Å². The van der Waals surface area contributed by atoms with Crippen LogP contribution in [0.1, 0.15) is 24.5 Å². The van der Waals surface area contributed by atoms with Gasteiger partial charge in [0.25, 0.3) is 0 Å². The molecule has 3 aromatic carbocycles. The first-order valence-electron chi connectivity index (χ1n) is 7.88. The zero-order valence-electron chi connectivity index (χ0n) is 13.7. The lowest BCUT2D eigenvalue weighted by Gasteiger charge is -2.14. The van der Waals surface area contributed by atoms with Crippen LogP contribution in [0, 0.1) is 13.8 Å². The molecule has 0 saturated carbocycles. The van der Waals surface area contributed by atoms with Crippen molar-refractivity contribution in [2.45, 2.75) is 27.2 Å². The summed E-state index contributed by atoms with van der Waals surface area (Å²) in [5.74, 6) is 0.584. The average Bonchev–Trinajstić information content (AvgIpc) is 2.54. The van der Waals surface area contributed by atoms with Crippen LogP contribution in [0.5, 0.6) is 5.75 Å². The van der Waals surface area contributed by atoms with Gasteiger partial charge in [0.15, 0.2) is 0 Å². The molecule has 0 amide bonds. The highest BCUT2D eigenvalue weighted by atomic mass is 16.7. The number of ether oxygens (including phenoxy) is 2. The van der Waals surface area contributed by atoms with Gasteiger partial charge >= 0.3 is 6.16 Å². The van der Waals surface area contributed by atoms with E-state index in [0.29, 0.717) is 12.4 Å². The van der Waals surface area contributed by atoms with Crippen LogP contribution in [0.2, 0.25) is 0 Å². The van der Waals surface area contributed by atoms with Gasteiger partial charge < -0.3 is 9.47 Å². The van der Waals surface area contributed by atoms with E-state index in [4.69, 9.17) is 9.47 Å². The van der Waals surface area contributed by atoms with Crippen molar-refractivity contribution in [2.24, 2.45) is 0 Å².